The van der Waals surface area contributed by atoms with Crippen molar-refractivity contribution in [3.63, 3.8) is 0 Å². The summed E-state index contributed by atoms with van der Waals surface area (Å²) in [7, 11) is 1.74. The van der Waals surface area contributed by atoms with Gasteiger partial charge in [0.1, 0.15) is 6.10 Å². The summed E-state index contributed by atoms with van der Waals surface area (Å²) in [6, 6.07) is 10.2. The largest absolute Gasteiger partial charge is 0.386 e. The summed E-state index contributed by atoms with van der Waals surface area (Å²) in [6.45, 7) is 4.21. The van der Waals surface area contributed by atoms with Crippen molar-refractivity contribution in [1.29, 1.82) is 0 Å². The van der Waals surface area contributed by atoms with Crippen LogP contribution >= 0.6 is 35.3 Å². The molecule has 0 bridgehead atoms. The van der Waals surface area contributed by atoms with Crippen molar-refractivity contribution in [3.05, 3.63) is 35.2 Å². The molecule has 1 unspecified atom stereocenters. The van der Waals surface area contributed by atoms with Gasteiger partial charge in [-0.25, -0.2) is 0 Å². The van der Waals surface area contributed by atoms with Crippen LogP contribution in [0.4, 0.5) is 0 Å². The maximum Gasteiger partial charge on any atom is 0.220 e. The Morgan fingerprint density at radius 3 is 2.71 bits per heavy atom. The molecule has 1 fully saturated rings. The summed E-state index contributed by atoms with van der Waals surface area (Å²) in [5.74, 6) is 0.605. The second-order valence-corrected chi connectivity index (χ2v) is 8.92. The number of amides is 1. The van der Waals surface area contributed by atoms with Gasteiger partial charge in [0.15, 0.2) is 5.96 Å². The number of fused-ring (bicyclic) bond motifs is 1. The molecule has 7 nitrogen and oxygen atoms in total. The van der Waals surface area contributed by atoms with Gasteiger partial charge in [0.2, 0.25) is 5.91 Å². The van der Waals surface area contributed by atoms with Crippen LogP contribution in [-0.4, -0.2) is 61.6 Å². The van der Waals surface area contributed by atoms with E-state index in [1.165, 1.54) is 4.70 Å². The van der Waals surface area contributed by atoms with E-state index in [4.69, 9.17) is 5.73 Å². The number of benzene rings is 1. The Hall–Kier alpha value is -1.43. The number of nitrogens with one attached hydrogen (secondary N) is 2. The van der Waals surface area contributed by atoms with Gasteiger partial charge in [0.05, 0.1) is 0 Å². The fourth-order valence-corrected chi connectivity index (χ4v) is 4.84. The molecule has 172 valence electrons. The Labute approximate surface area is 205 Å². The number of nitrogens with two attached hydrogens (primary N) is 1. The average molecular weight is 560 g/mol. The van der Waals surface area contributed by atoms with E-state index in [0.29, 0.717) is 12.5 Å². The van der Waals surface area contributed by atoms with Crippen LogP contribution in [0, 0.1) is 5.92 Å². The lowest BCUT2D eigenvalue weighted by Gasteiger charge is -2.30. The molecule has 1 aromatic carbocycles. The molecule has 2 aromatic rings. The zero-order valence-corrected chi connectivity index (χ0v) is 21.2. The number of rotatable bonds is 9. The smallest absolute Gasteiger partial charge is 0.220 e. The summed E-state index contributed by atoms with van der Waals surface area (Å²) in [4.78, 5) is 18.8. The summed E-state index contributed by atoms with van der Waals surface area (Å²) in [5.41, 5.74) is 5.39. The van der Waals surface area contributed by atoms with Crippen molar-refractivity contribution in [2.75, 3.05) is 39.8 Å². The number of carbonyl (C=O) groups excluding carboxylic acids is 1. The van der Waals surface area contributed by atoms with Gasteiger partial charge in [-0.1, -0.05) is 18.2 Å². The van der Waals surface area contributed by atoms with Gasteiger partial charge < -0.3 is 26.4 Å². The van der Waals surface area contributed by atoms with Crippen molar-refractivity contribution in [2.24, 2.45) is 16.6 Å². The van der Waals surface area contributed by atoms with Crippen molar-refractivity contribution in [2.45, 2.75) is 31.8 Å². The Balaban J connectivity index is 0.00000341. The van der Waals surface area contributed by atoms with Crippen molar-refractivity contribution in [1.82, 2.24) is 15.5 Å². The lowest BCUT2D eigenvalue weighted by Crippen LogP contribution is -2.40. The second kappa shape index (κ2) is 13.2. The van der Waals surface area contributed by atoms with Gasteiger partial charge in [-0.05, 0) is 62.8 Å². The summed E-state index contributed by atoms with van der Waals surface area (Å²) in [6.07, 6.45) is 3.33. The quantitative estimate of drug-likeness (QED) is 0.164. The molecule has 1 atom stereocenters. The number of halogens is 1. The zero-order valence-electron chi connectivity index (χ0n) is 18.0. The number of hydrogen-bond acceptors (Lipinski definition) is 5. The molecule has 0 aliphatic carbocycles. The number of aliphatic hydroxyl groups excluding tert-OH is 1. The minimum atomic E-state index is -0.565. The molecular weight excluding hydrogens is 525 g/mol. The van der Waals surface area contributed by atoms with Crippen LogP contribution in [0.15, 0.2) is 35.3 Å². The Morgan fingerprint density at radius 2 is 2.03 bits per heavy atom. The van der Waals surface area contributed by atoms with Crippen LogP contribution in [0.3, 0.4) is 0 Å². The molecule has 2 heterocycles. The molecule has 0 saturated carbocycles. The van der Waals surface area contributed by atoms with Crippen molar-refractivity contribution < 1.29 is 9.90 Å². The average Bonchev–Trinajstić information content (AvgIpc) is 3.20. The first-order chi connectivity index (χ1) is 14.6. The first kappa shape index (κ1) is 25.8. The second-order valence-electron chi connectivity index (χ2n) is 7.81. The highest BCUT2D eigenvalue weighted by Gasteiger charge is 2.22. The number of thiophene rings is 1. The van der Waals surface area contributed by atoms with Crippen LogP contribution in [0.2, 0.25) is 0 Å². The van der Waals surface area contributed by atoms with Crippen LogP contribution in [0.5, 0.6) is 0 Å². The predicted molar refractivity (Wildman–Crippen MR) is 139 cm³/mol. The Kier molecular flexibility index (Phi) is 11.0. The highest BCUT2D eigenvalue weighted by Crippen LogP contribution is 2.29. The van der Waals surface area contributed by atoms with Gasteiger partial charge in [-0.3, -0.25) is 9.79 Å². The minimum Gasteiger partial charge on any atom is -0.386 e. The number of carbonyl (C=O) groups is 1. The van der Waals surface area contributed by atoms with Crippen molar-refractivity contribution >= 4 is 57.3 Å². The lowest BCUT2D eigenvalue weighted by atomic mass is 9.96. The molecule has 3 rings (SSSR count). The van der Waals surface area contributed by atoms with Crippen molar-refractivity contribution in [3.8, 4) is 0 Å². The van der Waals surface area contributed by atoms with E-state index in [2.05, 4.69) is 38.7 Å². The van der Waals surface area contributed by atoms with E-state index in [1.807, 2.05) is 12.1 Å². The highest BCUT2D eigenvalue weighted by molar-refractivity contribution is 14.0. The zero-order chi connectivity index (χ0) is 21.3. The van der Waals surface area contributed by atoms with Gasteiger partial charge >= 0.3 is 0 Å². The molecule has 0 spiro atoms. The number of aliphatic imine (C=N–C) groups is 1. The first-order valence-electron chi connectivity index (χ1n) is 10.7. The number of nitrogens with zero attached hydrogens (tertiary/aromatic N) is 2. The summed E-state index contributed by atoms with van der Waals surface area (Å²) < 4.78 is 1.19. The number of likely N-dealkylation sites (tertiary alicyclic amines) is 1. The van der Waals surface area contributed by atoms with Gasteiger partial charge in [-0.15, -0.1) is 35.3 Å². The molecule has 1 aliphatic heterocycles. The maximum absolute atomic E-state index is 11.2. The normalized spacial score (nSPS) is 16.6. The standard InChI is InChI=1S/C22H33N5O2S.HI/c1-24-22(25-10-4-5-11-27-12-8-16(9-13-27)21(23)29)26-15-18(28)20-14-17-6-2-3-7-19(17)30-20;/h2-3,6-7,14,16,18,28H,4-5,8-13,15H2,1H3,(H2,23,29)(H2,24,25,26);1H. The third-order valence-electron chi connectivity index (χ3n) is 5.64. The number of primary amides is 1. The topological polar surface area (TPSA) is 103 Å². The van der Waals surface area contributed by atoms with Crippen LogP contribution < -0.4 is 16.4 Å². The fourth-order valence-electron chi connectivity index (χ4n) is 3.79. The number of hydrogen-bond donors (Lipinski definition) is 4. The fraction of sp³-hybridized carbons (Fsp3) is 0.545. The molecule has 9 heteroatoms. The predicted octanol–water partition coefficient (Wildman–Crippen LogP) is 2.70. The van der Waals surface area contributed by atoms with Crippen LogP contribution in [0.1, 0.15) is 36.7 Å². The molecule has 0 radical (unpaired) electrons. The maximum atomic E-state index is 11.2. The van der Waals surface area contributed by atoms with E-state index in [0.717, 1.165) is 62.1 Å². The Morgan fingerprint density at radius 1 is 1.29 bits per heavy atom. The SMILES string of the molecule is CN=C(NCCCCN1CCC(C(N)=O)CC1)NCC(O)c1cc2ccccc2s1.I. The molecular formula is C22H34IN5O2S. The molecule has 1 amide bonds. The van der Waals surface area contributed by atoms with E-state index in [1.54, 1.807) is 18.4 Å². The molecule has 1 aromatic heterocycles. The molecule has 1 aliphatic rings. The number of guanidine groups is 1. The lowest BCUT2D eigenvalue weighted by molar-refractivity contribution is -0.123. The van der Waals surface area contributed by atoms with E-state index in [-0.39, 0.29) is 35.8 Å². The number of piperidine rings is 1. The third kappa shape index (κ3) is 7.89. The van der Waals surface area contributed by atoms with Gasteiger partial charge in [0, 0.05) is 35.6 Å². The number of aliphatic hydroxyl groups is 1. The van der Waals surface area contributed by atoms with E-state index >= 15 is 0 Å². The van der Waals surface area contributed by atoms with E-state index < -0.39 is 6.10 Å². The molecule has 5 N–H and O–H groups in total. The van der Waals surface area contributed by atoms with E-state index in [9.17, 15) is 9.90 Å². The highest BCUT2D eigenvalue weighted by atomic mass is 127. The molecule has 31 heavy (non-hydrogen) atoms. The number of unbranched alkanes of at least 4 members (excludes halogenated alkanes) is 1. The Bertz CT molecular complexity index is 818. The summed E-state index contributed by atoms with van der Waals surface area (Å²) in [5, 5.41) is 18.2. The molecule has 1 saturated heterocycles. The van der Waals surface area contributed by atoms with Crippen LogP contribution in [-0.2, 0) is 4.79 Å². The van der Waals surface area contributed by atoms with Crippen LogP contribution in [0.25, 0.3) is 10.1 Å². The first-order valence-corrected chi connectivity index (χ1v) is 11.5. The van der Waals surface area contributed by atoms with Gasteiger partial charge in [0.25, 0.3) is 0 Å². The van der Waals surface area contributed by atoms with Gasteiger partial charge in [-0.2, -0.15) is 0 Å². The monoisotopic (exact) mass is 559 g/mol. The third-order valence-corrected chi connectivity index (χ3v) is 6.86. The summed E-state index contributed by atoms with van der Waals surface area (Å²) >= 11 is 1.62. The minimum absolute atomic E-state index is 0.